The van der Waals surface area contributed by atoms with Gasteiger partial charge >= 0.3 is 0 Å². The van der Waals surface area contributed by atoms with E-state index in [0.29, 0.717) is 38.9 Å². The molecule has 0 bridgehead atoms. The lowest BCUT2D eigenvalue weighted by molar-refractivity contribution is 0.305. The molecule has 0 spiro atoms. The quantitative estimate of drug-likeness (QED) is 0.825. The number of nitrogens with two attached hydrogens (primary N) is 1. The molecule has 0 radical (unpaired) electrons. The van der Waals surface area contributed by atoms with Gasteiger partial charge in [0, 0.05) is 5.02 Å². The maximum absolute atomic E-state index is 8.95. The molecule has 6 heteroatoms. The Morgan fingerprint density at radius 2 is 2.10 bits per heavy atom. The smallest absolute Gasteiger partial charge is 0.156 e. The largest absolute Gasteiger partial charge is 0.495 e. The first-order chi connectivity index (χ1) is 10.0. The molecule has 0 aliphatic carbocycles. The number of nitrogens with zero attached hydrogens (tertiary/aromatic N) is 1. The third-order valence-electron chi connectivity index (χ3n) is 2.81. The highest BCUT2D eigenvalue weighted by Crippen LogP contribution is 2.35. The van der Waals surface area contributed by atoms with Gasteiger partial charge in [-0.1, -0.05) is 17.7 Å². The van der Waals surface area contributed by atoms with Crippen molar-refractivity contribution in [2.45, 2.75) is 6.61 Å². The fourth-order valence-electron chi connectivity index (χ4n) is 1.81. The van der Waals surface area contributed by atoms with Crippen molar-refractivity contribution in [1.29, 1.82) is 5.26 Å². The van der Waals surface area contributed by atoms with Crippen molar-refractivity contribution in [2.24, 2.45) is 0 Å². The third-order valence-corrected chi connectivity index (χ3v) is 3.61. The Balaban J connectivity index is 2.19. The third kappa shape index (κ3) is 3.60. The van der Waals surface area contributed by atoms with Gasteiger partial charge in [-0.15, -0.1) is 0 Å². The molecule has 0 aliphatic rings. The van der Waals surface area contributed by atoms with Crippen molar-refractivity contribution in [1.82, 2.24) is 0 Å². The van der Waals surface area contributed by atoms with Gasteiger partial charge in [-0.2, -0.15) is 5.26 Å². The predicted octanol–water partition coefficient (Wildman–Crippen LogP) is 4.14. The molecule has 2 aromatic rings. The van der Waals surface area contributed by atoms with Crippen LogP contribution in [0.1, 0.15) is 11.1 Å². The van der Waals surface area contributed by atoms with Crippen LogP contribution in [0.25, 0.3) is 0 Å². The molecule has 2 N–H and O–H groups in total. The summed E-state index contributed by atoms with van der Waals surface area (Å²) >= 11 is 9.26. The van der Waals surface area contributed by atoms with Crippen LogP contribution in [0, 0.1) is 11.3 Å². The highest BCUT2D eigenvalue weighted by molar-refractivity contribution is 9.10. The second kappa shape index (κ2) is 6.70. The summed E-state index contributed by atoms with van der Waals surface area (Å²) in [6.07, 6.45) is 0. The van der Waals surface area contributed by atoms with E-state index in [0.717, 1.165) is 5.56 Å². The second-order valence-electron chi connectivity index (χ2n) is 4.24. The number of nitrogen functional groups attached to an aromatic ring is 1. The number of methoxy groups -OCH3 is 1. The minimum atomic E-state index is 0.298. The number of halogens is 2. The molecule has 0 unspecified atom stereocenters. The van der Waals surface area contributed by atoms with Crippen LogP contribution < -0.4 is 15.2 Å². The Kier molecular flexibility index (Phi) is 4.94. The Bertz CT molecular complexity index is 690. The average molecular weight is 368 g/mol. The standard InChI is InChI=1S/C15H12BrClN2O2/c1-20-14-4-9(2-3-10(14)7-18)8-21-15-12(16)5-11(17)6-13(15)19/h2-6H,8,19H2,1H3. The number of nitriles is 1. The van der Waals surface area contributed by atoms with Crippen LogP contribution in [-0.2, 0) is 6.61 Å². The molecule has 2 aromatic carbocycles. The van der Waals surface area contributed by atoms with Gasteiger partial charge in [0.2, 0.25) is 0 Å². The second-order valence-corrected chi connectivity index (χ2v) is 5.53. The summed E-state index contributed by atoms with van der Waals surface area (Å²) in [6.45, 7) is 0.298. The summed E-state index contributed by atoms with van der Waals surface area (Å²) in [5, 5.41) is 9.48. The molecular formula is C15H12BrClN2O2. The Morgan fingerprint density at radius 3 is 2.71 bits per heavy atom. The molecule has 0 fully saturated rings. The Hall–Kier alpha value is -1.90. The molecule has 0 heterocycles. The maximum atomic E-state index is 8.95. The lowest BCUT2D eigenvalue weighted by Crippen LogP contribution is -2.00. The maximum Gasteiger partial charge on any atom is 0.156 e. The van der Waals surface area contributed by atoms with E-state index < -0.39 is 0 Å². The van der Waals surface area contributed by atoms with Crippen LogP contribution in [0.15, 0.2) is 34.8 Å². The van der Waals surface area contributed by atoms with Crippen molar-refractivity contribution in [2.75, 3.05) is 12.8 Å². The van der Waals surface area contributed by atoms with Crippen LogP contribution in [0.4, 0.5) is 5.69 Å². The van der Waals surface area contributed by atoms with Crippen molar-refractivity contribution < 1.29 is 9.47 Å². The van der Waals surface area contributed by atoms with Gasteiger partial charge in [0.05, 0.1) is 22.8 Å². The SMILES string of the molecule is COc1cc(COc2c(N)cc(Cl)cc2Br)ccc1C#N. The van der Waals surface area contributed by atoms with Gasteiger partial charge in [0.25, 0.3) is 0 Å². The molecule has 0 aliphatic heterocycles. The molecule has 0 saturated heterocycles. The fourth-order valence-corrected chi connectivity index (χ4v) is 2.75. The zero-order valence-corrected chi connectivity index (χ0v) is 13.5. The molecule has 108 valence electrons. The van der Waals surface area contributed by atoms with Gasteiger partial charge in [-0.3, -0.25) is 0 Å². The zero-order chi connectivity index (χ0) is 15.4. The first-order valence-electron chi connectivity index (χ1n) is 5.99. The monoisotopic (exact) mass is 366 g/mol. The van der Waals surface area contributed by atoms with Crippen molar-refractivity contribution in [3.05, 3.63) is 51.0 Å². The summed E-state index contributed by atoms with van der Waals surface area (Å²) in [6, 6.07) is 10.7. The summed E-state index contributed by atoms with van der Waals surface area (Å²) in [4.78, 5) is 0. The van der Waals surface area contributed by atoms with E-state index in [1.807, 2.05) is 0 Å². The van der Waals surface area contributed by atoms with Gasteiger partial charge in [0.1, 0.15) is 18.4 Å². The van der Waals surface area contributed by atoms with Crippen LogP contribution in [-0.4, -0.2) is 7.11 Å². The number of hydrogen-bond acceptors (Lipinski definition) is 4. The minimum absolute atomic E-state index is 0.298. The van der Waals surface area contributed by atoms with E-state index in [1.165, 1.54) is 7.11 Å². The zero-order valence-electron chi connectivity index (χ0n) is 11.2. The Morgan fingerprint density at radius 1 is 1.33 bits per heavy atom. The lowest BCUT2D eigenvalue weighted by atomic mass is 10.1. The number of benzene rings is 2. The normalized spacial score (nSPS) is 10.0. The van der Waals surface area contributed by atoms with E-state index in [9.17, 15) is 0 Å². The first kappa shape index (κ1) is 15.5. The molecule has 0 aromatic heterocycles. The molecule has 21 heavy (non-hydrogen) atoms. The molecule has 0 saturated carbocycles. The van der Waals surface area contributed by atoms with Crippen LogP contribution in [0.2, 0.25) is 5.02 Å². The number of hydrogen-bond donors (Lipinski definition) is 1. The molecule has 4 nitrogen and oxygen atoms in total. The van der Waals surface area contributed by atoms with E-state index in [4.69, 9.17) is 32.1 Å². The van der Waals surface area contributed by atoms with Crippen LogP contribution in [0.5, 0.6) is 11.5 Å². The minimum Gasteiger partial charge on any atom is -0.495 e. The summed E-state index contributed by atoms with van der Waals surface area (Å²) < 4.78 is 11.6. The summed E-state index contributed by atoms with van der Waals surface area (Å²) in [7, 11) is 1.52. The van der Waals surface area contributed by atoms with Crippen LogP contribution >= 0.6 is 27.5 Å². The highest BCUT2D eigenvalue weighted by Gasteiger charge is 2.09. The van der Waals surface area contributed by atoms with Gasteiger partial charge in [0.15, 0.2) is 5.75 Å². The van der Waals surface area contributed by atoms with Crippen molar-refractivity contribution in [3.63, 3.8) is 0 Å². The van der Waals surface area contributed by atoms with Crippen molar-refractivity contribution >= 4 is 33.2 Å². The molecular weight excluding hydrogens is 356 g/mol. The van der Waals surface area contributed by atoms with Gasteiger partial charge < -0.3 is 15.2 Å². The summed E-state index contributed by atoms with van der Waals surface area (Å²) in [5.41, 5.74) is 7.68. The average Bonchev–Trinajstić information content (AvgIpc) is 2.45. The van der Waals surface area contributed by atoms with E-state index in [1.54, 1.807) is 30.3 Å². The van der Waals surface area contributed by atoms with E-state index >= 15 is 0 Å². The Labute approximate surface area is 136 Å². The predicted molar refractivity (Wildman–Crippen MR) is 85.6 cm³/mol. The van der Waals surface area contributed by atoms with E-state index in [-0.39, 0.29) is 0 Å². The van der Waals surface area contributed by atoms with E-state index in [2.05, 4.69) is 22.0 Å². The highest BCUT2D eigenvalue weighted by atomic mass is 79.9. The molecule has 0 amide bonds. The van der Waals surface area contributed by atoms with Crippen molar-refractivity contribution in [3.8, 4) is 17.6 Å². The number of anilines is 1. The van der Waals surface area contributed by atoms with Gasteiger partial charge in [-0.05, 0) is 45.8 Å². The number of rotatable bonds is 4. The van der Waals surface area contributed by atoms with Gasteiger partial charge in [-0.25, -0.2) is 0 Å². The number of ether oxygens (including phenoxy) is 2. The summed E-state index contributed by atoms with van der Waals surface area (Å²) in [5.74, 6) is 1.05. The van der Waals surface area contributed by atoms with Crippen LogP contribution in [0.3, 0.4) is 0 Å². The molecule has 2 rings (SSSR count). The molecule has 0 atom stereocenters. The lowest BCUT2D eigenvalue weighted by Gasteiger charge is -2.12. The first-order valence-corrected chi connectivity index (χ1v) is 7.16. The fraction of sp³-hybridized carbons (Fsp3) is 0.133. The topological polar surface area (TPSA) is 68.3 Å².